The van der Waals surface area contributed by atoms with Gasteiger partial charge in [-0.15, -0.1) is 11.3 Å². The fourth-order valence-electron chi connectivity index (χ4n) is 4.88. The highest BCUT2D eigenvalue weighted by molar-refractivity contribution is 7.99. The molecule has 2 aliphatic rings. The first kappa shape index (κ1) is 21.8. The summed E-state index contributed by atoms with van der Waals surface area (Å²) >= 11 is 3.39. The molecule has 1 saturated carbocycles. The minimum atomic E-state index is 0.191. The molecular weight excluding hydrogens is 440 g/mol. The van der Waals surface area contributed by atoms with Crippen molar-refractivity contribution < 1.29 is 9.47 Å². The average molecular weight is 471 g/mol. The predicted molar refractivity (Wildman–Crippen MR) is 132 cm³/mol. The van der Waals surface area contributed by atoms with Gasteiger partial charge in [-0.05, 0) is 75.3 Å². The predicted octanol–water partition coefficient (Wildman–Crippen LogP) is 6.02. The molecule has 1 aromatic carbocycles. The molecule has 5 rings (SSSR count). The van der Waals surface area contributed by atoms with E-state index >= 15 is 0 Å². The molecule has 5 nitrogen and oxygen atoms in total. The van der Waals surface area contributed by atoms with Crippen molar-refractivity contribution in [3.05, 3.63) is 45.1 Å². The van der Waals surface area contributed by atoms with Crippen molar-refractivity contribution in [2.75, 3.05) is 19.0 Å². The van der Waals surface area contributed by atoms with Crippen LogP contribution < -0.4 is 15.0 Å². The zero-order chi connectivity index (χ0) is 21.9. The normalized spacial score (nSPS) is 16.4. The summed E-state index contributed by atoms with van der Waals surface area (Å²) in [6, 6.07) is 8.01. The molecule has 0 spiro atoms. The van der Waals surface area contributed by atoms with Crippen LogP contribution in [0.5, 0.6) is 11.5 Å². The Morgan fingerprint density at radius 3 is 2.53 bits per heavy atom. The van der Waals surface area contributed by atoms with Gasteiger partial charge in [-0.25, -0.2) is 4.98 Å². The Hall–Kier alpha value is -1.99. The first-order valence-electron chi connectivity index (χ1n) is 11.8. The van der Waals surface area contributed by atoms with E-state index in [0.717, 1.165) is 58.3 Å². The van der Waals surface area contributed by atoms with Gasteiger partial charge in [-0.1, -0.05) is 24.6 Å². The Labute approximate surface area is 197 Å². The maximum absolute atomic E-state index is 13.7. The molecule has 0 amide bonds. The molecule has 0 N–H and O–H groups in total. The van der Waals surface area contributed by atoms with Crippen LogP contribution in [-0.2, 0) is 12.8 Å². The molecule has 1 fully saturated rings. The number of fused-ring (bicyclic) bond motifs is 3. The number of thioether (sulfide) groups is 1. The molecule has 3 aromatic rings. The highest BCUT2D eigenvalue weighted by atomic mass is 32.2. The van der Waals surface area contributed by atoms with E-state index in [1.54, 1.807) is 23.1 Å². The fourth-order valence-corrected chi connectivity index (χ4v) is 7.06. The Bertz CT molecular complexity index is 1130. The maximum Gasteiger partial charge on any atom is 0.263 e. The summed E-state index contributed by atoms with van der Waals surface area (Å²) in [5.41, 5.74) is 1.48. The number of aryl methyl sites for hydroxylation is 2. The SMILES string of the molecule is CCOc1ccc(OCCSc2nc3sc4c(c3c(=O)n2C2CCCC2)CCCC4)cc1. The second-order valence-electron chi connectivity index (χ2n) is 8.50. The minimum absolute atomic E-state index is 0.191. The number of benzene rings is 1. The highest BCUT2D eigenvalue weighted by Gasteiger charge is 2.26. The number of nitrogens with zero attached hydrogens (tertiary/aromatic N) is 2. The monoisotopic (exact) mass is 470 g/mol. The van der Waals surface area contributed by atoms with Gasteiger partial charge in [-0.3, -0.25) is 9.36 Å². The van der Waals surface area contributed by atoms with E-state index in [9.17, 15) is 4.79 Å². The molecule has 32 heavy (non-hydrogen) atoms. The van der Waals surface area contributed by atoms with E-state index in [2.05, 4.69) is 0 Å². The van der Waals surface area contributed by atoms with E-state index in [1.165, 1.54) is 36.1 Å². The summed E-state index contributed by atoms with van der Waals surface area (Å²) in [7, 11) is 0. The van der Waals surface area contributed by atoms with E-state index in [0.29, 0.717) is 13.2 Å². The highest BCUT2D eigenvalue weighted by Crippen LogP contribution is 2.37. The number of hydrogen-bond donors (Lipinski definition) is 0. The first-order chi connectivity index (χ1) is 15.7. The Kier molecular flexibility index (Phi) is 6.74. The number of thiophene rings is 1. The molecule has 2 aliphatic carbocycles. The van der Waals surface area contributed by atoms with Crippen molar-refractivity contribution in [2.45, 2.75) is 69.5 Å². The average Bonchev–Trinajstić information content (AvgIpc) is 3.46. The first-order valence-corrected chi connectivity index (χ1v) is 13.6. The molecule has 0 saturated heterocycles. The summed E-state index contributed by atoms with van der Waals surface area (Å²) in [6.45, 7) is 3.20. The van der Waals surface area contributed by atoms with Crippen molar-refractivity contribution in [3.63, 3.8) is 0 Å². The van der Waals surface area contributed by atoms with Crippen molar-refractivity contribution in [3.8, 4) is 11.5 Å². The summed E-state index contributed by atoms with van der Waals surface area (Å²) in [4.78, 5) is 21.0. The van der Waals surface area contributed by atoms with Gasteiger partial charge in [0.25, 0.3) is 5.56 Å². The smallest absolute Gasteiger partial charge is 0.263 e. The molecule has 2 heterocycles. The molecule has 0 atom stereocenters. The van der Waals surface area contributed by atoms with Crippen molar-refractivity contribution in [1.29, 1.82) is 0 Å². The summed E-state index contributed by atoms with van der Waals surface area (Å²) in [5, 5.41) is 1.77. The quantitative estimate of drug-likeness (QED) is 0.229. The Morgan fingerprint density at radius 1 is 1.06 bits per heavy atom. The van der Waals surface area contributed by atoms with Gasteiger partial charge in [0.2, 0.25) is 0 Å². The van der Waals surface area contributed by atoms with Crippen LogP contribution in [-0.4, -0.2) is 28.5 Å². The van der Waals surface area contributed by atoms with Crippen molar-refractivity contribution in [2.24, 2.45) is 0 Å². The zero-order valence-corrected chi connectivity index (χ0v) is 20.2. The van der Waals surface area contributed by atoms with Crippen LogP contribution in [0.25, 0.3) is 10.2 Å². The van der Waals surface area contributed by atoms with Gasteiger partial charge in [0.15, 0.2) is 5.16 Å². The summed E-state index contributed by atoms with van der Waals surface area (Å²) < 4.78 is 13.4. The van der Waals surface area contributed by atoms with Crippen LogP contribution in [0.15, 0.2) is 34.2 Å². The van der Waals surface area contributed by atoms with Crippen LogP contribution in [0.1, 0.15) is 61.9 Å². The maximum atomic E-state index is 13.7. The molecule has 170 valence electrons. The number of rotatable bonds is 8. The third-order valence-electron chi connectivity index (χ3n) is 6.40. The van der Waals surface area contributed by atoms with Gasteiger partial charge < -0.3 is 9.47 Å². The van der Waals surface area contributed by atoms with Crippen molar-refractivity contribution in [1.82, 2.24) is 9.55 Å². The molecule has 0 radical (unpaired) electrons. The number of ether oxygens (including phenoxy) is 2. The van der Waals surface area contributed by atoms with Gasteiger partial charge in [-0.2, -0.15) is 0 Å². The standard InChI is InChI=1S/C25H30N2O3S2/c1-2-29-18-11-13-19(14-12-18)30-15-16-31-25-26-23-22(20-9-5-6-10-21(20)32-23)24(28)27(25)17-7-3-4-8-17/h11-14,17H,2-10,15-16H2,1H3. The van der Waals surface area contributed by atoms with Crippen molar-refractivity contribution >= 4 is 33.3 Å². The topological polar surface area (TPSA) is 53.4 Å². The lowest BCUT2D eigenvalue weighted by Gasteiger charge is -2.18. The van der Waals surface area contributed by atoms with E-state index in [4.69, 9.17) is 14.5 Å². The lowest BCUT2D eigenvalue weighted by atomic mass is 9.97. The van der Waals surface area contributed by atoms with Crippen LogP contribution >= 0.6 is 23.1 Å². The van der Waals surface area contributed by atoms with Gasteiger partial charge in [0, 0.05) is 16.7 Å². The molecule has 0 aliphatic heterocycles. The third-order valence-corrected chi connectivity index (χ3v) is 8.50. The molecule has 0 unspecified atom stereocenters. The van der Waals surface area contributed by atoms with Crippen LogP contribution in [0.4, 0.5) is 0 Å². The number of hydrogen-bond acceptors (Lipinski definition) is 6. The summed E-state index contributed by atoms with van der Waals surface area (Å²) in [5.74, 6) is 2.44. The van der Waals surface area contributed by atoms with Gasteiger partial charge in [0.05, 0.1) is 18.6 Å². The summed E-state index contributed by atoms with van der Waals surface area (Å²) in [6.07, 6.45) is 9.08. The van der Waals surface area contributed by atoms with E-state index in [1.807, 2.05) is 35.8 Å². The second kappa shape index (κ2) is 9.87. The zero-order valence-electron chi connectivity index (χ0n) is 18.6. The van der Waals surface area contributed by atoms with E-state index in [-0.39, 0.29) is 11.6 Å². The van der Waals surface area contributed by atoms with E-state index < -0.39 is 0 Å². The van der Waals surface area contributed by atoms with Crippen LogP contribution in [0.3, 0.4) is 0 Å². The van der Waals surface area contributed by atoms with Crippen LogP contribution in [0, 0.1) is 0 Å². The Morgan fingerprint density at radius 2 is 1.78 bits per heavy atom. The third kappa shape index (κ3) is 4.42. The molecule has 0 bridgehead atoms. The van der Waals surface area contributed by atoms with Crippen LogP contribution in [0.2, 0.25) is 0 Å². The lowest BCUT2D eigenvalue weighted by Crippen LogP contribution is -2.27. The largest absolute Gasteiger partial charge is 0.494 e. The Balaban J connectivity index is 1.35. The molecular formula is C25H30N2O3S2. The molecule has 2 aromatic heterocycles. The number of aromatic nitrogens is 2. The minimum Gasteiger partial charge on any atom is -0.494 e. The van der Waals surface area contributed by atoms with Gasteiger partial charge >= 0.3 is 0 Å². The lowest BCUT2D eigenvalue weighted by molar-refractivity contribution is 0.332. The fraction of sp³-hybridized carbons (Fsp3) is 0.520. The van der Waals surface area contributed by atoms with Gasteiger partial charge in [0.1, 0.15) is 16.3 Å². The molecule has 7 heteroatoms. The second-order valence-corrected chi connectivity index (χ2v) is 10.6.